The van der Waals surface area contributed by atoms with Crippen molar-refractivity contribution in [3.05, 3.63) is 39.8 Å². The lowest BCUT2D eigenvalue weighted by Gasteiger charge is -2.04. The first-order chi connectivity index (χ1) is 9.01. The molecule has 2 heterocycles. The van der Waals surface area contributed by atoms with E-state index in [1.54, 1.807) is 24.4 Å². The molecule has 0 unspecified atom stereocenters. The minimum Gasteiger partial charge on any atom is -0.316 e. The Hall–Kier alpha value is -0.960. The molecule has 19 heavy (non-hydrogen) atoms. The number of hydrogen-bond donors (Lipinski definition) is 2. The minimum absolute atomic E-state index is 0.280. The molecule has 0 atom stereocenters. The first kappa shape index (κ1) is 14.4. The molecule has 0 amide bonds. The van der Waals surface area contributed by atoms with Crippen LogP contribution < -0.4 is 10.0 Å². The molecule has 0 saturated carbocycles. The first-order valence-electron chi connectivity index (χ1n) is 5.37. The summed E-state index contributed by atoms with van der Waals surface area (Å²) < 4.78 is 27.8. The molecule has 2 aromatic rings. The summed E-state index contributed by atoms with van der Waals surface area (Å²) in [6, 6.07) is 4.98. The van der Waals surface area contributed by atoms with Crippen LogP contribution in [0.2, 0.25) is 0 Å². The van der Waals surface area contributed by atoms with Crippen molar-refractivity contribution in [2.75, 3.05) is 11.8 Å². The molecule has 0 aliphatic heterocycles. The standard InChI is InChI=1S/C11H12BrN3O2S2/c1-13-5-8-4-11(18-7-8)19(16,17)15-10-3-2-9(12)6-14-10/h2-4,6-7,13H,5H2,1H3,(H,14,15). The summed E-state index contributed by atoms with van der Waals surface area (Å²) in [6.45, 7) is 0.641. The van der Waals surface area contributed by atoms with Crippen LogP contribution in [-0.2, 0) is 16.6 Å². The minimum atomic E-state index is -3.56. The van der Waals surface area contributed by atoms with Crippen LogP contribution in [0.25, 0.3) is 0 Å². The molecule has 0 spiro atoms. The van der Waals surface area contributed by atoms with Gasteiger partial charge in [0.05, 0.1) is 0 Å². The van der Waals surface area contributed by atoms with Gasteiger partial charge in [-0.15, -0.1) is 11.3 Å². The van der Waals surface area contributed by atoms with E-state index >= 15 is 0 Å². The molecule has 0 fully saturated rings. The monoisotopic (exact) mass is 361 g/mol. The summed E-state index contributed by atoms with van der Waals surface area (Å²) in [5.74, 6) is 0.298. The number of nitrogens with zero attached hydrogens (tertiary/aromatic N) is 1. The lowest BCUT2D eigenvalue weighted by molar-refractivity contribution is 0.603. The zero-order valence-corrected chi connectivity index (χ0v) is 13.3. The quantitative estimate of drug-likeness (QED) is 0.857. The summed E-state index contributed by atoms with van der Waals surface area (Å²) >= 11 is 4.44. The highest BCUT2D eigenvalue weighted by molar-refractivity contribution is 9.10. The summed E-state index contributed by atoms with van der Waals surface area (Å²) in [4.78, 5) is 3.99. The molecule has 0 aliphatic rings. The van der Waals surface area contributed by atoms with Gasteiger partial charge < -0.3 is 5.32 Å². The fourth-order valence-electron chi connectivity index (χ4n) is 1.42. The molecule has 0 radical (unpaired) electrons. The van der Waals surface area contributed by atoms with E-state index in [0.29, 0.717) is 12.4 Å². The van der Waals surface area contributed by atoms with E-state index in [1.807, 2.05) is 12.4 Å². The number of anilines is 1. The van der Waals surface area contributed by atoms with Gasteiger partial charge in [-0.05, 0) is 52.1 Å². The van der Waals surface area contributed by atoms with Crippen molar-refractivity contribution in [3.8, 4) is 0 Å². The van der Waals surface area contributed by atoms with Crippen molar-refractivity contribution >= 4 is 43.1 Å². The highest BCUT2D eigenvalue weighted by atomic mass is 79.9. The van der Waals surface area contributed by atoms with Crippen molar-refractivity contribution in [1.82, 2.24) is 10.3 Å². The van der Waals surface area contributed by atoms with Gasteiger partial charge in [-0.25, -0.2) is 13.4 Å². The molecule has 8 heteroatoms. The Bertz CT molecular complexity index is 653. The topological polar surface area (TPSA) is 71.1 Å². The molecule has 0 bridgehead atoms. The fraction of sp³-hybridized carbons (Fsp3) is 0.182. The third-order valence-corrected chi connectivity index (χ3v) is 5.55. The van der Waals surface area contributed by atoms with Gasteiger partial charge in [0, 0.05) is 17.2 Å². The van der Waals surface area contributed by atoms with E-state index in [-0.39, 0.29) is 4.21 Å². The van der Waals surface area contributed by atoms with Crippen molar-refractivity contribution in [1.29, 1.82) is 0 Å². The van der Waals surface area contributed by atoms with E-state index in [1.165, 1.54) is 11.3 Å². The van der Waals surface area contributed by atoms with Gasteiger partial charge >= 0.3 is 0 Å². The smallest absolute Gasteiger partial charge is 0.272 e. The predicted octanol–water partition coefficient (Wildman–Crippen LogP) is 2.43. The second kappa shape index (κ2) is 6.00. The summed E-state index contributed by atoms with van der Waals surface area (Å²) in [7, 11) is -1.75. The summed E-state index contributed by atoms with van der Waals surface area (Å²) in [5, 5.41) is 4.80. The maximum absolute atomic E-state index is 12.1. The summed E-state index contributed by atoms with van der Waals surface area (Å²) in [6.07, 6.45) is 1.54. The zero-order valence-electron chi connectivity index (χ0n) is 10.1. The van der Waals surface area contributed by atoms with E-state index in [9.17, 15) is 8.42 Å². The first-order valence-corrected chi connectivity index (χ1v) is 8.53. The molecule has 0 aromatic carbocycles. The number of sulfonamides is 1. The molecule has 5 nitrogen and oxygen atoms in total. The molecule has 0 saturated heterocycles. The Balaban J connectivity index is 2.19. The Kier molecular flexibility index (Phi) is 4.56. The highest BCUT2D eigenvalue weighted by Crippen LogP contribution is 2.22. The lowest BCUT2D eigenvalue weighted by atomic mass is 10.3. The van der Waals surface area contributed by atoms with Crippen molar-refractivity contribution in [3.63, 3.8) is 0 Å². The third kappa shape index (κ3) is 3.75. The van der Waals surface area contributed by atoms with Gasteiger partial charge in [0.15, 0.2) is 0 Å². The van der Waals surface area contributed by atoms with Gasteiger partial charge in [-0.2, -0.15) is 0 Å². The number of thiophene rings is 1. The van der Waals surface area contributed by atoms with E-state index in [2.05, 4.69) is 31.0 Å². The maximum Gasteiger partial charge on any atom is 0.272 e. The van der Waals surface area contributed by atoms with Gasteiger partial charge in [-0.3, -0.25) is 4.72 Å². The Labute approximate surface area is 124 Å². The van der Waals surface area contributed by atoms with E-state index in [4.69, 9.17) is 0 Å². The van der Waals surface area contributed by atoms with Crippen LogP contribution in [0.5, 0.6) is 0 Å². The number of nitrogens with one attached hydrogen (secondary N) is 2. The SMILES string of the molecule is CNCc1csc(S(=O)(=O)Nc2ccc(Br)cn2)c1. The highest BCUT2D eigenvalue weighted by Gasteiger charge is 2.17. The molecule has 0 aliphatic carbocycles. The van der Waals surface area contributed by atoms with Crippen molar-refractivity contribution in [2.24, 2.45) is 0 Å². The third-order valence-electron chi connectivity index (χ3n) is 2.24. The Morgan fingerprint density at radius 3 is 2.84 bits per heavy atom. The van der Waals surface area contributed by atoms with Crippen LogP contribution in [0.4, 0.5) is 5.82 Å². The molecule has 2 N–H and O–H groups in total. The Morgan fingerprint density at radius 1 is 1.42 bits per heavy atom. The number of halogens is 1. The van der Waals surface area contributed by atoms with Crippen LogP contribution in [0, 0.1) is 0 Å². The van der Waals surface area contributed by atoms with Crippen molar-refractivity contribution in [2.45, 2.75) is 10.8 Å². The van der Waals surface area contributed by atoms with Crippen molar-refractivity contribution < 1.29 is 8.42 Å². The van der Waals surface area contributed by atoms with Gasteiger partial charge in [0.1, 0.15) is 10.0 Å². The largest absolute Gasteiger partial charge is 0.316 e. The molecular weight excluding hydrogens is 350 g/mol. The molecule has 2 rings (SSSR count). The second-order valence-corrected chi connectivity index (χ2v) is 7.51. The number of rotatable bonds is 5. The van der Waals surface area contributed by atoms with Gasteiger partial charge in [0.25, 0.3) is 10.0 Å². The van der Waals surface area contributed by atoms with Crippen LogP contribution in [0.1, 0.15) is 5.56 Å². The van der Waals surface area contributed by atoms with Gasteiger partial charge in [0.2, 0.25) is 0 Å². The van der Waals surface area contributed by atoms with Crippen LogP contribution in [0.3, 0.4) is 0 Å². The second-order valence-electron chi connectivity index (χ2n) is 3.77. The lowest BCUT2D eigenvalue weighted by Crippen LogP contribution is -2.12. The number of hydrogen-bond acceptors (Lipinski definition) is 5. The van der Waals surface area contributed by atoms with E-state index < -0.39 is 10.0 Å². The summed E-state index contributed by atoms with van der Waals surface area (Å²) in [5.41, 5.74) is 0.941. The number of aromatic nitrogens is 1. The van der Waals surface area contributed by atoms with Gasteiger partial charge in [-0.1, -0.05) is 0 Å². The van der Waals surface area contributed by atoms with Crippen LogP contribution in [-0.4, -0.2) is 20.4 Å². The molecular formula is C11H12BrN3O2S2. The normalized spacial score (nSPS) is 11.5. The van der Waals surface area contributed by atoms with Crippen LogP contribution in [0.15, 0.2) is 38.5 Å². The average molecular weight is 362 g/mol. The zero-order chi connectivity index (χ0) is 13.9. The maximum atomic E-state index is 12.1. The van der Waals surface area contributed by atoms with Crippen LogP contribution >= 0.6 is 27.3 Å². The Morgan fingerprint density at radius 2 is 2.21 bits per heavy atom. The van der Waals surface area contributed by atoms with E-state index in [0.717, 1.165) is 10.0 Å². The predicted molar refractivity (Wildman–Crippen MR) is 79.8 cm³/mol. The molecule has 102 valence electrons. The average Bonchev–Trinajstić information content (AvgIpc) is 2.82. The fourth-order valence-corrected chi connectivity index (χ4v) is 3.87. The molecule has 2 aromatic heterocycles. The number of pyridine rings is 1.